The second kappa shape index (κ2) is 12.5. The van der Waals surface area contributed by atoms with Crippen LogP contribution < -0.4 is 10.6 Å². The van der Waals surface area contributed by atoms with Gasteiger partial charge in [0.1, 0.15) is 0 Å². The second-order valence-corrected chi connectivity index (χ2v) is 5.33. The van der Waals surface area contributed by atoms with E-state index in [0.29, 0.717) is 12.5 Å². The average molecular weight is 434 g/mol. The van der Waals surface area contributed by atoms with E-state index < -0.39 is 0 Å². The molecule has 1 aromatic rings. The van der Waals surface area contributed by atoms with E-state index in [1.807, 2.05) is 18.2 Å². The second-order valence-electron chi connectivity index (χ2n) is 5.33. The van der Waals surface area contributed by atoms with Crippen LogP contribution in [0.25, 0.3) is 0 Å². The van der Waals surface area contributed by atoms with Crippen LogP contribution in [0.2, 0.25) is 0 Å². The van der Waals surface area contributed by atoms with E-state index >= 15 is 0 Å². The standard InChI is InChI=1S/C16H26N4O2.HI/c1-17-16(20-11-15-5-2-3-7-18-15)19-8-4-9-21-12-14-6-10-22-13-14;/h2-3,5,7,14H,4,6,8-13H2,1H3,(H2,17,19,20);1H. The summed E-state index contributed by atoms with van der Waals surface area (Å²) in [5, 5.41) is 6.51. The molecule has 0 saturated carbocycles. The van der Waals surface area contributed by atoms with Crippen LogP contribution >= 0.6 is 24.0 Å². The molecule has 0 aliphatic carbocycles. The maximum absolute atomic E-state index is 5.67. The number of hydrogen-bond donors (Lipinski definition) is 2. The first-order valence-corrected chi connectivity index (χ1v) is 7.88. The van der Waals surface area contributed by atoms with Crippen molar-refractivity contribution in [3.05, 3.63) is 30.1 Å². The van der Waals surface area contributed by atoms with Crippen LogP contribution in [0, 0.1) is 5.92 Å². The Kier molecular flexibility index (Phi) is 10.9. The molecule has 1 aliphatic rings. The lowest BCUT2D eigenvalue weighted by Crippen LogP contribution is -2.37. The monoisotopic (exact) mass is 434 g/mol. The lowest BCUT2D eigenvalue weighted by Gasteiger charge is -2.12. The molecule has 23 heavy (non-hydrogen) atoms. The minimum atomic E-state index is 0. The normalized spacial score (nSPS) is 17.6. The number of aromatic nitrogens is 1. The zero-order chi connectivity index (χ0) is 15.5. The molecular weight excluding hydrogens is 407 g/mol. The number of hydrogen-bond acceptors (Lipinski definition) is 4. The first-order chi connectivity index (χ1) is 10.9. The van der Waals surface area contributed by atoms with Gasteiger partial charge in [0.05, 0.1) is 25.5 Å². The van der Waals surface area contributed by atoms with Crippen molar-refractivity contribution in [2.45, 2.75) is 19.4 Å². The molecule has 0 spiro atoms. The molecule has 1 atom stereocenters. The fraction of sp³-hybridized carbons (Fsp3) is 0.625. The molecule has 2 N–H and O–H groups in total. The number of nitrogens with zero attached hydrogens (tertiary/aromatic N) is 2. The van der Waals surface area contributed by atoms with Crippen LogP contribution in [-0.2, 0) is 16.0 Å². The number of pyridine rings is 1. The van der Waals surface area contributed by atoms with Gasteiger partial charge < -0.3 is 20.1 Å². The molecule has 2 heterocycles. The smallest absolute Gasteiger partial charge is 0.191 e. The van der Waals surface area contributed by atoms with Crippen molar-refractivity contribution in [2.24, 2.45) is 10.9 Å². The lowest BCUT2D eigenvalue weighted by molar-refractivity contribution is 0.0888. The summed E-state index contributed by atoms with van der Waals surface area (Å²) in [7, 11) is 1.77. The number of nitrogens with one attached hydrogen (secondary N) is 2. The van der Waals surface area contributed by atoms with Crippen LogP contribution in [-0.4, -0.2) is 51.0 Å². The minimum Gasteiger partial charge on any atom is -0.381 e. The number of rotatable bonds is 8. The van der Waals surface area contributed by atoms with Crippen molar-refractivity contribution in [3.63, 3.8) is 0 Å². The van der Waals surface area contributed by atoms with Gasteiger partial charge in [-0.3, -0.25) is 9.98 Å². The highest BCUT2D eigenvalue weighted by Crippen LogP contribution is 2.12. The van der Waals surface area contributed by atoms with Gasteiger partial charge in [-0.2, -0.15) is 0 Å². The van der Waals surface area contributed by atoms with Crippen LogP contribution in [0.4, 0.5) is 0 Å². The summed E-state index contributed by atoms with van der Waals surface area (Å²) in [6.45, 7) is 4.81. The Morgan fingerprint density at radius 2 is 2.35 bits per heavy atom. The van der Waals surface area contributed by atoms with Gasteiger partial charge in [0.15, 0.2) is 5.96 Å². The molecule has 6 nitrogen and oxygen atoms in total. The third-order valence-electron chi connectivity index (χ3n) is 3.52. The summed E-state index contributed by atoms with van der Waals surface area (Å²) in [5.41, 5.74) is 0.993. The summed E-state index contributed by atoms with van der Waals surface area (Å²) in [4.78, 5) is 8.46. The van der Waals surface area contributed by atoms with Gasteiger partial charge in [0, 0.05) is 38.9 Å². The van der Waals surface area contributed by atoms with E-state index in [9.17, 15) is 0 Å². The third-order valence-corrected chi connectivity index (χ3v) is 3.52. The SMILES string of the molecule is CN=C(NCCCOCC1CCOC1)NCc1ccccn1.I. The molecule has 0 bridgehead atoms. The highest BCUT2D eigenvalue weighted by Gasteiger charge is 2.15. The van der Waals surface area contributed by atoms with E-state index in [-0.39, 0.29) is 24.0 Å². The molecule has 7 heteroatoms. The van der Waals surface area contributed by atoms with Crippen molar-refractivity contribution in [1.29, 1.82) is 0 Å². The number of ether oxygens (including phenoxy) is 2. The van der Waals surface area contributed by atoms with Gasteiger partial charge in [-0.1, -0.05) is 6.07 Å². The topological polar surface area (TPSA) is 67.8 Å². The Balaban J connectivity index is 0.00000264. The summed E-state index contributed by atoms with van der Waals surface area (Å²) < 4.78 is 11.0. The van der Waals surface area contributed by atoms with Crippen molar-refractivity contribution < 1.29 is 9.47 Å². The molecule has 1 fully saturated rings. The highest BCUT2D eigenvalue weighted by atomic mass is 127. The highest BCUT2D eigenvalue weighted by molar-refractivity contribution is 14.0. The van der Waals surface area contributed by atoms with Gasteiger partial charge in [-0.25, -0.2) is 0 Å². The first kappa shape index (κ1) is 20.1. The van der Waals surface area contributed by atoms with Crippen molar-refractivity contribution in [3.8, 4) is 0 Å². The third kappa shape index (κ3) is 8.47. The van der Waals surface area contributed by atoms with Crippen LogP contribution in [0.15, 0.2) is 29.4 Å². The quantitative estimate of drug-likeness (QED) is 0.283. The van der Waals surface area contributed by atoms with Crippen LogP contribution in [0.5, 0.6) is 0 Å². The average Bonchev–Trinajstić information content (AvgIpc) is 3.08. The molecule has 1 aliphatic heterocycles. The molecule has 0 amide bonds. The minimum absolute atomic E-state index is 0. The van der Waals surface area contributed by atoms with Gasteiger partial charge in [0.2, 0.25) is 0 Å². The molecule has 1 aromatic heterocycles. The van der Waals surface area contributed by atoms with Gasteiger partial charge in [-0.15, -0.1) is 24.0 Å². The van der Waals surface area contributed by atoms with E-state index in [1.54, 1.807) is 13.2 Å². The molecule has 0 radical (unpaired) electrons. The van der Waals surface area contributed by atoms with Crippen LogP contribution in [0.1, 0.15) is 18.5 Å². The largest absolute Gasteiger partial charge is 0.381 e. The summed E-state index contributed by atoms with van der Waals surface area (Å²) in [6, 6.07) is 5.88. The number of halogens is 1. The summed E-state index contributed by atoms with van der Waals surface area (Å²) >= 11 is 0. The number of aliphatic imine (C=N–C) groups is 1. The molecule has 1 unspecified atom stereocenters. The Bertz CT molecular complexity index is 439. The van der Waals surface area contributed by atoms with E-state index in [2.05, 4.69) is 20.6 Å². The molecule has 1 saturated heterocycles. The predicted molar refractivity (Wildman–Crippen MR) is 102 cm³/mol. The molecular formula is C16H27IN4O2. The van der Waals surface area contributed by atoms with Crippen LogP contribution in [0.3, 0.4) is 0 Å². The van der Waals surface area contributed by atoms with Crippen molar-refractivity contribution in [1.82, 2.24) is 15.6 Å². The van der Waals surface area contributed by atoms with Gasteiger partial charge in [0.25, 0.3) is 0 Å². The maximum atomic E-state index is 5.67. The zero-order valence-electron chi connectivity index (χ0n) is 13.7. The Morgan fingerprint density at radius 1 is 1.43 bits per heavy atom. The number of guanidine groups is 1. The predicted octanol–water partition coefficient (Wildman–Crippen LogP) is 1.81. The fourth-order valence-corrected chi connectivity index (χ4v) is 2.24. The Morgan fingerprint density at radius 3 is 3.04 bits per heavy atom. The summed E-state index contributed by atoms with van der Waals surface area (Å²) in [5.74, 6) is 1.37. The lowest BCUT2D eigenvalue weighted by atomic mass is 10.1. The van der Waals surface area contributed by atoms with E-state index in [4.69, 9.17) is 9.47 Å². The summed E-state index contributed by atoms with van der Waals surface area (Å²) in [6.07, 6.45) is 3.88. The Hall–Kier alpha value is -0.930. The van der Waals surface area contributed by atoms with E-state index in [0.717, 1.165) is 57.5 Å². The maximum Gasteiger partial charge on any atom is 0.191 e. The van der Waals surface area contributed by atoms with Crippen molar-refractivity contribution >= 4 is 29.9 Å². The zero-order valence-corrected chi connectivity index (χ0v) is 16.0. The van der Waals surface area contributed by atoms with E-state index in [1.165, 1.54) is 0 Å². The molecule has 2 rings (SSSR count). The van der Waals surface area contributed by atoms with Gasteiger partial charge >= 0.3 is 0 Å². The van der Waals surface area contributed by atoms with Gasteiger partial charge in [-0.05, 0) is 25.0 Å². The fourth-order valence-electron chi connectivity index (χ4n) is 2.24. The van der Waals surface area contributed by atoms with Crippen molar-refractivity contribution in [2.75, 3.05) is 40.0 Å². The molecule has 130 valence electrons. The first-order valence-electron chi connectivity index (χ1n) is 7.88. The Labute approximate surface area is 155 Å². The molecule has 0 aromatic carbocycles.